The fraction of sp³-hybridized carbons (Fsp3) is 0.357. The number of anilines is 2. The zero-order valence-corrected chi connectivity index (χ0v) is 21.7. The molecule has 0 atom stereocenters. The number of hydrogen-bond acceptors (Lipinski definition) is 7. The SMILES string of the molecule is NCCNc1nc(NC[C@H]2CC[C@H](CNS(=O)(=O)c3ccc4ccccc4c3)CC2)nc2ccccc12. The molecule has 3 aromatic carbocycles. The van der Waals surface area contributed by atoms with Crippen molar-refractivity contribution in [1.82, 2.24) is 14.7 Å². The standard InChI is InChI=1S/C28H34N6O2S/c29-15-16-30-27-25-7-3-4-8-26(25)33-28(34-27)31-18-20-9-11-21(12-10-20)19-32-37(35,36)24-14-13-22-5-1-2-6-23(22)17-24/h1-8,13-14,17,20-21,32H,9-12,15-16,18-19,29H2,(H2,30,31,33,34)/t20-,21-. The van der Waals surface area contributed by atoms with Crippen molar-refractivity contribution < 1.29 is 8.42 Å². The Hall–Kier alpha value is -3.27. The Morgan fingerprint density at radius 1 is 0.811 bits per heavy atom. The Labute approximate surface area is 218 Å². The van der Waals surface area contributed by atoms with Crippen LogP contribution in [0.4, 0.5) is 11.8 Å². The van der Waals surface area contributed by atoms with E-state index < -0.39 is 10.0 Å². The number of fused-ring (bicyclic) bond motifs is 2. The Balaban J connectivity index is 1.13. The molecule has 1 saturated carbocycles. The molecule has 0 saturated heterocycles. The van der Waals surface area contributed by atoms with Crippen molar-refractivity contribution >= 4 is 43.5 Å². The molecule has 5 N–H and O–H groups in total. The summed E-state index contributed by atoms with van der Waals surface area (Å²) < 4.78 is 28.6. The number of rotatable bonds is 10. The van der Waals surface area contributed by atoms with Crippen LogP contribution in [0.2, 0.25) is 0 Å². The number of para-hydroxylation sites is 1. The fourth-order valence-corrected chi connectivity index (χ4v) is 6.15. The van der Waals surface area contributed by atoms with Crippen LogP contribution in [0.5, 0.6) is 0 Å². The lowest BCUT2D eigenvalue weighted by molar-refractivity contribution is 0.284. The van der Waals surface area contributed by atoms with Gasteiger partial charge in [0.25, 0.3) is 0 Å². The minimum absolute atomic E-state index is 0.319. The number of hydrogen-bond donors (Lipinski definition) is 4. The van der Waals surface area contributed by atoms with Crippen LogP contribution in [0.15, 0.2) is 71.6 Å². The van der Waals surface area contributed by atoms with E-state index >= 15 is 0 Å². The van der Waals surface area contributed by atoms with E-state index in [4.69, 9.17) is 5.73 Å². The molecule has 1 aliphatic carbocycles. The number of sulfonamides is 1. The molecule has 1 heterocycles. The Morgan fingerprint density at radius 2 is 1.51 bits per heavy atom. The van der Waals surface area contributed by atoms with Gasteiger partial charge < -0.3 is 16.4 Å². The van der Waals surface area contributed by atoms with Gasteiger partial charge in [-0.3, -0.25) is 0 Å². The third-order valence-electron chi connectivity index (χ3n) is 7.15. The maximum atomic E-state index is 12.9. The summed E-state index contributed by atoms with van der Waals surface area (Å²) in [5, 5.41) is 9.66. The maximum absolute atomic E-state index is 12.9. The number of nitrogens with one attached hydrogen (secondary N) is 3. The van der Waals surface area contributed by atoms with Crippen LogP contribution >= 0.6 is 0 Å². The molecule has 5 rings (SSSR count). The van der Waals surface area contributed by atoms with Crippen molar-refractivity contribution in [3.8, 4) is 0 Å². The molecule has 1 aromatic heterocycles. The van der Waals surface area contributed by atoms with E-state index in [2.05, 4.69) is 25.3 Å². The van der Waals surface area contributed by atoms with Crippen molar-refractivity contribution in [2.75, 3.05) is 36.8 Å². The summed E-state index contributed by atoms with van der Waals surface area (Å²) in [5.41, 5.74) is 6.55. The minimum atomic E-state index is -3.53. The predicted molar refractivity (Wildman–Crippen MR) is 150 cm³/mol. The van der Waals surface area contributed by atoms with E-state index in [0.717, 1.165) is 59.7 Å². The topological polar surface area (TPSA) is 122 Å². The van der Waals surface area contributed by atoms with Gasteiger partial charge in [-0.25, -0.2) is 18.1 Å². The number of nitrogens with two attached hydrogens (primary N) is 1. The summed E-state index contributed by atoms with van der Waals surface area (Å²) in [6.07, 6.45) is 4.07. The second-order valence-electron chi connectivity index (χ2n) is 9.76. The third-order valence-corrected chi connectivity index (χ3v) is 8.57. The first-order valence-electron chi connectivity index (χ1n) is 12.9. The first-order valence-corrected chi connectivity index (χ1v) is 14.4. The predicted octanol–water partition coefficient (Wildman–Crippen LogP) is 4.35. The molecule has 0 aliphatic heterocycles. The molecule has 37 heavy (non-hydrogen) atoms. The zero-order valence-electron chi connectivity index (χ0n) is 20.9. The Bertz CT molecular complexity index is 1470. The van der Waals surface area contributed by atoms with Crippen LogP contribution in [0, 0.1) is 11.8 Å². The summed E-state index contributed by atoms with van der Waals surface area (Å²) in [6, 6.07) is 21.0. The molecular formula is C28H34N6O2S. The zero-order chi connectivity index (χ0) is 25.7. The number of benzene rings is 3. The molecule has 4 aromatic rings. The van der Waals surface area contributed by atoms with Crippen LogP contribution in [-0.4, -0.2) is 44.6 Å². The monoisotopic (exact) mass is 518 g/mol. The average molecular weight is 519 g/mol. The molecule has 0 unspecified atom stereocenters. The lowest BCUT2D eigenvalue weighted by Crippen LogP contribution is -2.32. The van der Waals surface area contributed by atoms with Crippen LogP contribution < -0.4 is 21.1 Å². The molecule has 0 spiro atoms. The maximum Gasteiger partial charge on any atom is 0.240 e. The van der Waals surface area contributed by atoms with Crippen molar-refractivity contribution in [2.24, 2.45) is 17.6 Å². The van der Waals surface area contributed by atoms with Gasteiger partial charge in [0.2, 0.25) is 16.0 Å². The van der Waals surface area contributed by atoms with Crippen molar-refractivity contribution in [3.63, 3.8) is 0 Å². The van der Waals surface area contributed by atoms with Gasteiger partial charge in [-0.15, -0.1) is 0 Å². The van der Waals surface area contributed by atoms with Crippen LogP contribution in [0.3, 0.4) is 0 Å². The van der Waals surface area contributed by atoms with Gasteiger partial charge in [0, 0.05) is 31.6 Å². The van der Waals surface area contributed by atoms with E-state index in [1.54, 1.807) is 12.1 Å². The third kappa shape index (κ3) is 6.18. The van der Waals surface area contributed by atoms with Gasteiger partial charge in [0.1, 0.15) is 5.82 Å². The van der Waals surface area contributed by atoms with Gasteiger partial charge in [-0.05, 0) is 72.6 Å². The fourth-order valence-electron chi connectivity index (χ4n) is 5.00. The second kappa shape index (κ2) is 11.4. The molecule has 194 valence electrons. The van der Waals surface area contributed by atoms with E-state index in [9.17, 15) is 8.42 Å². The molecule has 9 heteroatoms. The second-order valence-corrected chi connectivity index (χ2v) is 11.5. The van der Waals surface area contributed by atoms with Crippen molar-refractivity contribution in [3.05, 3.63) is 66.7 Å². The van der Waals surface area contributed by atoms with Crippen molar-refractivity contribution in [2.45, 2.75) is 30.6 Å². The molecular weight excluding hydrogens is 484 g/mol. The van der Waals surface area contributed by atoms with E-state index in [1.807, 2.05) is 54.6 Å². The minimum Gasteiger partial charge on any atom is -0.368 e. The Kier molecular flexibility index (Phi) is 7.83. The molecule has 8 nitrogen and oxygen atoms in total. The van der Waals surface area contributed by atoms with Crippen LogP contribution in [0.1, 0.15) is 25.7 Å². The highest BCUT2D eigenvalue weighted by molar-refractivity contribution is 7.89. The lowest BCUT2D eigenvalue weighted by Gasteiger charge is -2.28. The van der Waals surface area contributed by atoms with Crippen LogP contribution in [0.25, 0.3) is 21.7 Å². The molecule has 0 bridgehead atoms. The van der Waals surface area contributed by atoms with Gasteiger partial charge in [0.15, 0.2) is 0 Å². The van der Waals surface area contributed by atoms with Gasteiger partial charge in [0.05, 0.1) is 10.4 Å². The van der Waals surface area contributed by atoms with E-state index in [1.165, 1.54) is 0 Å². The van der Waals surface area contributed by atoms with E-state index in [-0.39, 0.29) is 0 Å². The highest BCUT2D eigenvalue weighted by Gasteiger charge is 2.24. The van der Waals surface area contributed by atoms with Crippen molar-refractivity contribution in [1.29, 1.82) is 0 Å². The summed E-state index contributed by atoms with van der Waals surface area (Å²) >= 11 is 0. The van der Waals surface area contributed by atoms with Crippen LogP contribution in [-0.2, 0) is 10.0 Å². The molecule has 0 amide bonds. The number of aromatic nitrogens is 2. The number of nitrogens with zero attached hydrogens (tertiary/aromatic N) is 2. The lowest BCUT2D eigenvalue weighted by atomic mass is 9.82. The summed E-state index contributed by atoms with van der Waals surface area (Å²) in [7, 11) is -3.53. The summed E-state index contributed by atoms with van der Waals surface area (Å²) in [6.45, 7) is 2.45. The largest absolute Gasteiger partial charge is 0.368 e. The first kappa shape index (κ1) is 25.4. The normalized spacial score (nSPS) is 18.2. The smallest absolute Gasteiger partial charge is 0.240 e. The summed E-state index contributed by atoms with van der Waals surface area (Å²) in [5.74, 6) is 2.25. The van der Waals surface area contributed by atoms with Gasteiger partial charge in [-0.1, -0.05) is 42.5 Å². The molecule has 0 radical (unpaired) electrons. The molecule has 1 aliphatic rings. The first-order chi connectivity index (χ1) is 18.0. The quantitative estimate of drug-likeness (QED) is 0.246. The van der Waals surface area contributed by atoms with Gasteiger partial charge >= 0.3 is 0 Å². The highest BCUT2D eigenvalue weighted by Crippen LogP contribution is 2.29. The summed E-state index contributed by atoms with van der Waals surface area (Å²) in [4.78, 5) is 9.67. The molecule has 1 fully saturated rings. The van der Waals surface area contributed by atoms with Gasteiger partial charge in [-0.2, -0.15) is 4.98 Å². The Morgan fingerprint density at radius 3 is 2.30 bits per heavy atom. The highest BCUT2D eigenvalue weighted by atomic mass is 32.2. The van der Waals surface area contributed by atoms with E-state index in [0.29, 0.717) is 42.3 Å². The average Bonchev–Trinajstić information content (AvgIpc) is 2.94.